The second-order valence-corrected chi connectivity index (χ2v) is 7.72. The summed E-state index contributed by atoms with van der Waals surface area (Å²) >= 11 is 0. The molecule has 2 aliphatic rings. The van der Waals surface area contributed by atoms with Gasteiger partial charge in [-0.05, 0) is 48.6 Å². The number of para-hydroxylation sites is 1. The molecule has 1 N–H and O–H groups in total. The van der Waals surface area contributed by atoms with E-state index >= 15 is 0 Å². The first-order chi connectivity index (χ1) is 13.2. The second kappa shape index (κ2) is 8.13. The Kier molecular flexibility index (Phi) is 5.44. The highest BCUT2D eigenvalue weighted by atomic mass is 16.4. The zero-order valence-corrected chi connectivity index (χ0v) is 15.8. The fourth-order valence-electron chi connectivity index (χ4n) is 4.55. The summed E-state index contributed by atoms with van der Waals surface area (Å²) in [5.41, 5.74) is 5.72. The first kappa shape index (κ1) is 18.1. The van der Waals surface area contributed by atoms with Crippen LogP contribution in [0.25, 0.3) is 0 Å². The normalized spacial score (nSPS) is 19.0. The minimum atomic E-state index is -0.683. The highest BCUT2D eigenvalue weighted by Crippen LogP contribution is 2.39. The molecule has 0 bridgehead atoms. The maximum absolute atomic E-state index is 10.7. The van der Waals surface area contributed by atoms with Gasteiger partial charge in [0.05, 0.1) is 6.04 Å². The zero-order chi connectivity index (χ0) is 18.6. The molecule has 4 heteroatoms. The van der Waals surface area contributed by atoms with Crippen LogP contribution in [0.4, 0.5) is 5.69 Å². The molecule has 0 saturated carbocycles. The van der Waals surface area contributed by atoms with Crippen molar-refractivity contribution in [3.05, 3.63) is 65.2 Å². The van der Waals surface area contributed by atoms with Crippen molar-refractivity contribution in [3.63, 3.8) is 0 Å². The number of fused-ring (bicyclic) bond motifs is 5. The fourth-order valence-corrected chi connectivity index (χ4v) is 4.55. The van der Waals surface area contributed by atoms with Crippen LogP contribution in [-0.2, 0) is 11.2 Å². The van der Waals surface area contributed by atoms with Gasteiger partial charge in [-0.2, -0.15) is 0 Å². The van der Waals surface area contributed by atoms with Gasteiger partial charge in [0.2, 0.25) is 0 Å². The second-order valence-electron chi connectivity index (χ2n) is 7.72. The number of unbranched alkanes of at least 4 members (excludes halogenated alkanes) is 2. The molecule has 2 aromatic rings. The van der Waals surface area contributed by atoms with E-state index in [1.807, 2.05) is 0 Å². The quantitative estimate of drug-likeness (QED) is 0.784. The van der Waals surface area contributed by atoms with E-state index in [9.17, 15) is 4.79 Å². The maximum atomic E-state index is 10.7. The van der Waals surface area contributed by atoms with E-state index in [1.165, 1.54) is 22.4 Å². The number of hydrogen-bond acceptors (Lipinski definition) is 3. The molecule has 0 spiro atoms. The lowest BCUT2D eigenvalue weighted by molar-refractivity contribution is -0.137. The molecular weight excluding hydrogens is 336 g/mol. The van der Waals surface area contributed by atoms with Gasteiger partial charge in [0, 0.05) is 31.7 Å². The minimum Gasteiger partial charge on any atom is -0.481 e. The lowest BCUT2D eigenvalue weighted by Gasteiger charge is -2.43. The molecule has 0 unspecified atom stereocenters. The van der Waals surface area contributed by atoms with E-state index < -0.39 is 5.97 Å². The van der Waals surface area contributed by atoms with Gasteiger partial charge in [-0.15, -0.1) is 0 Å². The van der Waals surface area contributed by atoms with E-state index in [0.717, 1.165) is 51.9 Å². The molecule has 0 radical (unpaired) electrons. The molecule has 27 heavy (non-hydrogen) atoms. The van der Waals surface area contributed by atoms with Crippen molar-refractivity contribution in [1.29, 1.82) is 0 Å². The number of benzene rings is 2. The van der Waals surface area contributed by atoms with Crippen molar-refractivity contribution in [2.75, 3.05) is 31.1 Å². The molecule has 2 aromatic carbocycles. The Morgan fingerprint density at radius 1 is 0.963 bits per heavy atom. The van der Waals surface area contributed by atoms with Crippen LogP contribution in [0.15, 0.2) is 48.5 Å². The Balaban J connectivity index is 1.49. The van der Waals surface area contributed by atoms with Crippen molar-refractivity contribution in [3.8, 4) is 0 Å². The number of carboxylic acids is 1. The highest BCUT2D eigenvalue weighted by Gasteiger charge is 2.32. The first-order valence-electron chi connectivity index (χ1n) is 10.1. The lowest BCUT2D eigenvalue weighted by atomic mass is 9.96. The average molecular weight is 364 g/mol. The third-order valence-corrected chi connectivity index (χ3v) is 5.93. The fraction of sp³-hybridized carbons (Fsp3) is 0.435. The van der Waals surface area contributed by atoms with Gasteiger partial charge in [0.25, 0.3) is 0 Å². The van der Waals surface area contributed by atoms with Gasteiger partial charge in [-0.25, -0.2) is 0 Å². The molecule has 142 valence electrons. The SMILES string of the molecule is O=C(O)CCCCCN1CCN2c3ccccc3Cc3ccccc3[C@@H]2C1. The van der Waals surface area contributed by atoms with Gasteiger partial charge >= 0.3 is 5.97 Å². The molecule has 4 rings (SSSR count). The predicted molar refractivity (Wildman–Crippen MR) is 108 cm³/mol. The number of nitrogens with zero attached hydrogens (tertiary/aromatic N) is 2. The standard InChI is InChI=1S/C23H28N2O2/c26-23(27)12-2-1-7-13-24-14-15-25-21-11-6-4-9-19(21)16-18-8-3-5-10-20(18)22(25)17-24/h3-6,8-11,22H,1-2,7,12-17H2,(H,26,27)/t22-/m0/s1. The Bertz CT molecular complexity index is 804. The van der Waals surface area contributed by atoms with E-state index in [1.54, 1.807) is 0 Å². The van der Waals surface area contributed by atoms with E-state index in [-0.39, 0.29) is 0 Å². The molecule has 1 saturated heterocycles. The summed E-state index contributed by atoms with van der Waals surface area (Å²) in [6, 6.07) is 18.1. The summed E-state index contributed by atoms with van der Waals surface area (Å²) in [7, 11) is 0. The summed E-state index contributed by atoms with van der Waals surface area (Å²) in [4.78, 5) is 15.8. The summed E-state index contributed by atoms with van der Waals surface area (Å²) in [6.07, 6.45) is 4.17. The Morgan fingerprint density at radius 2 is 1.74 bits per heavy atom. The van der Waals surface area contributed by atoms with E-state index in [2.05, 4.69) is 58.3 Å². The van der Waals surface area contributed by atoms with Crippen LogP contribution in [0.2, 0.25) is 0 Å². The van der Waals surface area contributed by atoms with Gasteiger partial charge in [-0.3, -0.25) is 9.69 Å². The van der Waals surface area contributed by atoms with Crippen LogP contribution in [0, 0.1) is 0 Å². The number of piperazine rings is 1. The molecule has 0 aromatic heterocycles. The number of carboxylic acid groups (broad SMARTS) is 1. The van der Waals surface area contributed by atoms with Gasteiger partial charge < -0.3 is 10.0 Å². The first-order valence-corrected chi connectivity index (χ1v) is 10.1. The van der Waals surface area contributed by atoms with E-state index in [4.69, 9.17) is 5.11 Å². The maximum Gasteiger partial charge on any atom is 0.303 e. The lowest BCUT2D eigenvalue weighted by Crippen LogP contribution is -2.48. The van der Waals surface area contributed by atoms with Crippen LogP contribution in [0.5, 0.6) is 0 Å². The van der Waals surface area contributed by atoms with Crippen molar-refractivity contribution < 1.29 is 9.90 Å². The van der Waals surface area contributed by atoms with Crippen LogP contribution < -0.4 is 4.90 Å². The Hall–Kier alpha value is -2.33. The van der Waals surface area contributed by atoms with Crippen LogP contribution in [-0.4, -0.2) is 42.2 Å². The smallest absolute Gasteiger partial charge is 0.303 e. The molecule has 2 heterocycles. The number of carbonyl (C=O) groups is 1. The summed E-state index contributed by atoms with van der Waals surface area (Å²) in [5.74, 6) is -0.683. The molecule has 1 fully saturated rings. The highest BCUT2D eigenvalue weighted by molar-refractivity contribution is 5.66. The molecule has 4 nitrogen and oxygen atoms in total. The largest absolute Gasteiger partial charge is 0.481 e. The van der Waals surface area contributed by atoms with Crippen molar-refractivity contribution in [2.24, 2.45) is 0 Å². The average Bonchev–Trinajstić information content (AvgIpc) is 2.82. The molecular formula is C23H28N2O2. The Morgan fingerprint density at radius 3 is 2.59 bits per heavy atom. The third-order valence-electron chi connectivity index (χ3n) is 5.93. The summed E-state index contributed by atoms with van der Waals surface area (Å²) < 4.78 is 0. The number of aliphatic carboxylic acids is 1. The van der Waals surface area contributed by atoms with Crippen molar-refractivity contribution >= 4 is 11.7 Å². The van der Waals surface area contributed by atoms with Gasteiger partial charge in [-0.1, -0.05) is 48.9 Å². The minimum absolute atomic E-state index is 0.292. The monoisotopic (exact) mass is 364 g/mol. The number of anilines is 1. The van der Waals surface area contributed by atoms with Gasteiger partial charge in [0.15, 0.2) is 0 Å². The summed E-state index contributed by atoms with van der Waals surface area (Å²) in [5, 5.41) is 8.77. The Labute approximate surface area is 161 Å². The summed E-state index contributed by atoms with van der Waals surface area (Å²) in [6.45, 7) is 4.23. The predicted octanol–water partition coefficient (Wildman–Crippen LogP) is 4.10. The van der Waals surface area contributed by atoms with Gasteiger partial charge in [0.1, 0.15) is 0 Å². The van der Waals surface area contributed by atoms with Crippen LogP contribution >= 0.6 is 0 Å². The third kappa shape index (κ3) is 4.01. The van der Waals surface area contributed by atoms with Crippen molar-refractivity contribution in [1.82, 2.24) is 4.90 Å². The van der Waals surface area contributed by atoms with Crippen LogP contribution in [0.1, 0.15) is 48.4 Å². The van der Waals surface area contributed by atoms with Crippen molar-refractivity contribution in [2.45, 2.75) is 38.1 Å². The number of rotatable bonds is 6. The number of hydrogen-bond donors (Lipinski definition) is 1. The van der Waals surface area contributed by atoms with E-state index in [0.29, 0.717) is 12.5 Å². The molecule has 2 aliphatic heterocycles. The molecule has 1 atom stereocenters. The molecule has 0 amide bonds. The zero-order valence-electron chi connectivity index (χ0n) is 15.8. The topological polar surface area (TPSA) is 43.8 Å². The van der Waals surface area contributed by atoms with Crippen LogP contribution in [0.3, 0.4) is 0 Å². The molecule has 0 aliphatic carbocycles.